The van der Waals surface area contributed by atoms with Crippen LogP contribution in [0.25, 0.3) is 10.8 Å². The SMILES string of the molecule is COOCc1c(OS(=O)(=O)C(F)(F)F)c(C#N)cc2ccccc12. The van der Waals surface area contributed by atoms with E-state index in [9.17, 15) is 21.6 Å². The van der Waals surface area contributed by atoms with E-state index in [1.165, 1.54) is 19.2 Å². The molecule has 0 N–H and O–H groups in total. The molecule has 0 aliphatic rings. The van der Waals surface area contributed by atoms with Crippen molar-refractivity contribution in [3.8, 4) is 11.8 Å². The molecule has 0 saturated heterocycles. The molecule has 0 aromatic heterocycles. The second-order valence-electron chi connectivity index (χ2n) is 4.48. The van der Waals surface area contributed by atoms with Gasteiger partial charge in [-0.1, -0.05) is 24.3 Å². The normalized spacial score (nSPS) is 12.1. The molecule has 0 atom stereocenters. The molecule has 0 aliphatic heterocycles. The number of nitrogens with zero attached hydrogens (tertiary/aromatic N) is 1. The fraction of sp³-hybridized carbons (Fsp3) is 0.214. The minimum absolute atomic E-state index is 0.0562. The molecule has 0 fully saturated rings. The lowest BCUT2D eigenvalue weighted by Gasteiger charge is -2.16. The van der Waals surface area contributed by atoms with E-state index in [4.69, 9.17) is 10.1 Å². The number of nitriles is 1. The number of halogens is 3. The van der Waals surface area contributed by atoms with Gasteiger partial charge in [-0.25, -0.2) is 9.78 Å². The van der Waals surface area contributed by atoms with Gasteiger partial charge in [-0.05, 0) is 16.8 Å². The lowest BCUT2D eigenvalue weighted by atomic mass is 10.0. The highest BCUT2D eigenvalue weighted by Crippen LogP contribution is 2.36. The van der Waals surface area contributed by atoms with E-state index in [1.807, 2.05) is 0 Å². The number of alkyl halides is 3. The smallest absolute Gasteiger partial charge is 0.374 e. The molecule has 10 heteroatoms. The van der Waals surface area contributed by atoms with Gasteiger partial charge < -0.3 is 4.18 Å². The van der Waals surface area contributed by atoms with E-state index in [0.717, 1.165) is 0 Å². The topological polar surface area (TPSA) is 85.6 Å². The summed E-state index contributed by atoms with van der Waals surface area (Å²) in [6, 6.07) is 9.23. The Bertz CT molecular complexity index is 903. The largest absolute Gasteiger partial charge is 0.534 e. The minimum Gasteiger partial charge on any atom is -0.374 e. The maximum atomic E-state index is 12.6. The van der Waals surface area contributed by atoms with Gasteiger partial charge in [0.1, 0.15) is 12.7 Å². The van der Waals surface area contributed by atoms with Gasteiger partial charge in [0.15, 0.2) is 5.75 Å². The lowest BCUT2D eigenvalue weighted by molar-refractivity contribution is -0.282. The molecule has 128 valence electrons. The zero-order chi connectivity index (χ0) is 18.0. The van der Waals surface area contributed by atoms with Gasteiger partial charge in [0, 0.05) is 5.56 Å². The molecule has 2 aromatic rings. The quantitative estimate of drug-likeness (QED) is 0.352. The fourth-order valence-electron chi connectivity index (χ4n) is 2.00. The van der Waals surface area contributed by atoms with E-state index in [0.29, 0.717) is 10.8 Å². The molecule has 0 bridgehead atoms. The minimum atomic E-state index is -5.95. The highest BCUT2D eigenvalue weighted by atomic mass is 32.2. The van der Waals surface area contributed by atoms with E-state index < -0.39 is 28.0 Å². The Kier molecular flexibility index (Phi) is 4.98. The van der Waals surface area contributed by atoms with E-state index in [-0.39, 0.29) is 11.1 Å². The van der Waals surface area contributed by atoms with Crippen LogP contribution >= 0.6 is 0 Å². The number of hydrogen-bond acceptors (Lipinski definition) is 6. The summed E-state index contributed by atoms with van der Waals surface area (Å²) in [6.07, 6.45) is 0. The average Bonchev–Trinajstić information content (AvgIpc) is 2.52. The van der Waals surface area contributed by atoms with Crippen LogP contribution in [0.3, 0.4) is 0 Å². The molecule has 0 aliphatic carbocycles. The van der Waals surface area contributed by atoms with Crippen molar-refractivity contribution in [3.63, 3.8) is 0 Å². The van der Waals surface area contributed by atoms with Crippen molar-refractivity contribution in [2.75, 3.05) is 7.11 Å². The third-order valence-corrected chi connectivity index (χ3v) is 3.98. The van der Waals surface area contributed by atoms with Crippen LogP contribution in [0.5, 0.6) is 5.75 Å². The van der Waals surface area contributed by atoms with Gasteiger partial charge in [-0.3, -0.25) is 0 Å². The second kappa shape index (κ2) is 6.64. The molecule has 24 heavy (non-hydrogen) atoms. The molecule has 2 rings (SSSR count). The highest BCUT2D eigenvalue weighted by Gasteiger charge is 2.49. The van der Waals surface area contributed by atoms with Crippen LogP contribution in [-0.2, 0) is 26.5 Å². The van der Waals surface area contributed by atoms with Gasteiger partial charge in [0.25, 0.3) is 0 Å². The molecule has 0 amide bonds. The van der Waals surface area contributed by atoms with Crippen molar-refractivity contribution in [1.29, 1.82) is 5.26 Å². The van der Waals surface area contributed by atoms with Gasteiger partial charge in [-0.2, -0.15) is 26.9 Å². The summed E-state index contributed by atoms with van der Waals surface area (Å²) in [4.78, 5) is 9.11. The van der Waals surface area contributed by atoms with Crippen LogP contribution in [0, 0.1) is 11.3 Å². The Balaban J connectivity index is 2.73. The zero-order valence-corrected chi connectivity index (χ0v) is 12.9. The zero-order valence-electron chi connectivity index (χ0n) is 12.1. The molecule has 0 radical (unpaired) electrons. The number of rotatable bonds is 5. The van der Waals surface area contributed by atoms with Gasteiger partial charge in [-0.15, -0.1) is 0 Å². The molecule has 0 unspecified atom stereocenters. The standard InChI is InChI=1S/C14H10F3NO5S/c1-21-22-8-12-11-5-3-2-4-9(11)6-10(7-18)13(12)23-24(19,20)14(15,16)17/h2-6H,8H2,1H3. The summed E-state index contributed by atoms with van der Waals surface area (Å²) in [7, 11) is -4.78. The summed E-state index contributed by atoms with van der Waals surface area (Å²) < 4.78 is 64.7. The van der Waals surface area contributed by atoms with E-state index in [2.05, 4.69) is 9.07 Å². The Morgan fingerprint density at radius 2 is 1.92 bits per heavy atom. The fourth-order valence-corrected chi connectivity index (χ4v) is 2.50. The molecule has 6 nitrogen and oxygen atoms in total. The molecule has 0 spiro atoms. The first-order valence-corrected chi connectivity index (χ1v) is 7.73. The second-order valence-corrected chi connectivity index (χ2v) is 6.01. The van der Waals surface area contributed by atoms with Crippen molar-refractivity contribution in [1.82, 2.24) is 0 Å². The summed E-state index contributed by atoms with van der Waals surface area (Å²) in [5.41, 5.74) is -6.07. The maximum Gasteiger partial charge on any atom is 0.534 e. The summed E-state index contributed by atoms with van der Waals surface area (Å²) in [5.74, 6) is -0.745. The van der Waals surface area contributed by atoms with Crippen LogP contribution in [0.4, 0.5) is 13.2 Å². The predicted molar refractivity (Wildman–Crippen MR) is 76.1 cm³/mol. The molecule has 0 heterocycles. The summed E-state index contributed by atoms with van der Waals surface area (Å²) in [6.45, 7) is -0.421. The maximum absolute atomic E-state index is 12.6. The lowest BCUT2D eigenvalue weighted by Crippen LogP contribution is -2.28. The van der Waals surface area contributed by atoms with Crippen molar-refractivity contribution >= 4 is 20.9 Å². The van der Waals surface area contributed by atoms with Crippen molar-refractivity contribution in [2.45, 2.75) is 12.1 Å². The van der Waals surface area contributed by atoms with Crippen LogP contribution in [0.1, 0.15) is 11.1 Å². The summed E-state index contributed by atoms with van der Waals surface area (Å²) in [5, 5.41) is 10.0. The van der Waals surface area contributed by atoms with Gasteiger partial charge in [0.2, 0.25) is 0 Å². The van der Waals surface area contributed by atoms with Crippen molar-refractivity contribution < 1.29 is 35.5 Å². The Labute approximate surface area is 135 Å². The average molecular weight is 361 g/mol. The van der Waals surface area contributed by atoms with Gasteiger partial charge in [0.05, 0.1) is 12.7 Å². The highest BCUT2D eigenvalue weighted by molar-refractivity contribution is 7.88. The van der Waals surface area contributed by atoms with E-state index in [1.54, 1.807) is 24.3 Å². The van der Waals surface area contributed by atoms with E-state index >= 15 is 0 Å². The first-order valence-electron chi connectivity index (χ1n) is 6.32. The third kappa shape index (κ3) is 3.43. The number of benzene rings is 2. The molecule has 0 saturated carbocycles. The number of hydrogen-bond donors (Lipinski definition) is 0. The van der Waals surface area contributed by atoms with Crippen molar-refractivity contribution in [3.05, 3.63) is 41.5 Å². The summed E-state index contributed by atoms with van der Waals surface area (Å²) >= 11 is 0. The predicted octanol–water partition coefficient (Wildman–Crippen LogP) is 3.02. The third-order valence-electron chi connectivity index (χ3n) is 3.02. The first-order chi connectivity index (χ1) is 11.2. The molecule has 2 aromatic carbocycles. The van der Waals surface area contributed by atoms with Crippen LogP contribution in [0.15, 0.2) is 30.3 Å². The van der Waals surface area contributed by atoms with Crippen LogP contribution < -0.4 is 4.18 Å². The first kappa shape index (κ1) is 18.0. The van der Waals surface area contributed by atoms with Gasteiger partial charge >= 0.3 is 15.6 Å². The van der Waals surface area contributed by atoms with Crippen LogP contribution in [-0.4, -0.2) is 21.0 Å². The Morgan fingerprint density at radius 3 is 2.50 bits per heavy atom. The van der Waals surface area contributed by atoms with Crippen molar-refractivity contribution in [2.24, 2.45) is 0 Å². The number of fused-ring (bicyclic) bond motifs is 1. The monoisotopic (exact) mass is 361 g/mol. The molecular formula is C14H10F3NO5S. The Morgan fingerprint density at radius 1 is 1.25 bits per heavy atom. The molecular weight excluding hydrogens is 351 g/mol. The van der Waals surface area contributed by atoms with Crippen LogP contribution in [0.2, 0.25) is 0 Å². The Hall–Kier alpha value is -2.35.